The summed E-state index contributed by atoms with van der Waals surface area (Å²) in [4.78, 5) is 35.1. The summed E-state index contributed by atoms with van der Waals surface area (Å²) in [5.41, 5.74) is 0.595. The molecule has 0 spiro atoms. The minimum absolute atomic E-state index is 0.151. The third-order valence-corrected chi connectivity index (χ3v) is 4.32. The highest BCUT2D eigenvalue weighted by molar-refractivity contribution is 6.24. The molecule has 6 nitrogen and oxygen atoms in total. The van der Waals surface area contributed by atoms with E-state index in [1.54, 1.807) is 6.92 Å². The minimum atomic E-state index is -1.11. The molecule has 1 aliphatic rings. The molecule has 0 aliphatic carbocycles. The number of likely N-dealkylation sites (tertiary alicyclic amines) is 1. The van der Waals surface area contributed by atoms with Crippen LogP contribution in [0.2, 0.25) is 0 Å². The molecule has 4 atom stereocenters. The van der Waals surface area contributed by atoms with Crippen LogP contribution in [0.25, 0.3) is 0 Å². The molecule has 1 amide bonds. The van der Waals surface area contributed by atoms with Gasteiger partial charge in [0.05, 0.1) is 11.7 Å². The predicted octanol–water partition coefficient (Wildman–Crippen LogP) is 1.32. The van der Waals surface area contributed by atoms with Gasteiger partial charge in [0, 0.05) is 5.92 Å². The van der Waals surface area contributed by atoms with Crippen molar-refractivity contribution in [3.8, 4) is 0 Å². The maximum absolute atomic E-state index is 11.5. The largest absolute Gasteiger partial charge is 0.480 e. The first-order chi connectivity index (χ1) is 10.9. The fourth-order valence-electron chi connectivity index (χ4n) is 2.83. The van der Waals surface area contributed by atoms with Gasteiger partial charge >= 0.3 is 5.97 Å². The van der Waals surface area contributed by atoms with E-state index in [0.29, 0.717) is 5.57 Å². The molecule has 7 heteroatoms. The standard InChI is InChI=1S/C16H17ClN2O4/c1-9(2)13(16(22)23)19-14(17)12(10-6-4-3-5-7-10)15(19)18-11(21)8-20/h3-8,12-15H,1H2,2H3,(H,18,21)(H,22,23). The number of amides is 1. The molecule has 0 bridgehead atoms. The van der Waals surface area contributed by atoms with Gasteiger partial charge in [0.2, 0.25) is 6.29 Å². The molecule has 122 valence electrons. The van der Waals surface area contributed by atoms with Crippen LogP contribution in [0.5, 0.6) is 0 Å². The molecule has 1 aromatic carbocycles. The normalized spacial score (nSPS) is 25.0. The molecule has 1 fully saturated rings. The fraction of sp³-hybridized carbons (Fsp3) is 0.312. The van der Waals surface area contributed by atoms with Crippen LogP contribution in [-0.4, -0.2) is 45.9 Å². The summed E-state index contributed by atoms with van der Waals surface area (Å²) in [6, 6.07) is 8.13. The maximum atomic E-state index is 11.5. The van der Waals surface area contributed by atoms with Gasteiger partial charge in [0.15, 0.2) is 0 Å². The molecule has 1 aromatic rings. The first-order valence-electron chi connectivity index (χ1n) is 6.98. The number of hydrogen-bond acceptors (Lipinski definition) is 4. The number of aldehydes is 1. The second-order valence-corrected chi connectivity index (χ2v) is 5.86. The third-order valence-electron chi connectivity index (χ3n) is 3.82. The summed E-state index contributed by atoms with van der Waals surface area (Å²) in [5.74, 6) is -2.27. The number of hydrogen-bond donors (Lipinski definition) is 2. The van der Waals surface area contributed by atoms with Crippen molar-refractivity contribution < 1.29 is 19.5 Å². The van der Waals surface area contributed by atoms with E-state index in [1.165, 1.54) is 4.90 Å². The Morgan fingerprint density at radius 1 is 1.39 bits per heavy atom. The molecule has 1 aliphatic heterocycles. The number of alkyl halides is 1. The lowest BCUT2D eigenvalue weighted by atomic mass is 9.84. The summed E-state index contributed by atoms with van der Waals surface area (Å²) < 4.78 is 0. The Balaban J connectivity index is 2.35. The van der Waals surface area contributed by atoms with Gasteiger partial charge in [-0.15, -0.1) is 11.6 Å². The van der Waals surface area contributed by atoms with E-state index in [9.17, 15) is 19.5 Å². The van der Waals surface area contributed by atoms with Crippen LogP contribution >= 0.6 is 11.6 Å². The van der Waals surface area contributed by atoms with Gasteiger partial charge in [-0.3, -0.25) is 14.4 Å². The number of carboxylic acid groups (broad SMARTS) is 1. The van der Waals surface area contributed by atoms with Crippen molar-refractivity contribution in [2.24, 2.45) is 0 Å². The summed E-state index contributed by atoms with van der Waals surface area (Å²) in [6.07, 6.45) is -0.548. The number of carbonyl (C=O) groups is 3. The summed E-state index contributed by atoms with van der Waals surface area (Å²) in [7, 11) is 0. The molecule has 23 heavy (non-hydrogen) atoms. The van der Waals surface area contributed by atoms with Crippen LogP contribution < -0.4 is 5.32 Å². The number of carboxylic acids is 1. The van der Waals surface area contributed by atoms with Crippen LogP contribution in [0, 0.1) is 0 Å². The number of rotatable bonds is 6. The molecule has 2 rings (SSSR count). The van der Waals surface area contributed by atoms with Gasteiger partial charge in [-0.2, -0.15) is 0 Å². The number of nitrogens with zero attached hydrogens (tertiary/aromatic N) is 1. The van der Waals surface area contributed by atoms with E-state index < -0.39 is 29.6 Å². The van der Waals surface area contributed by atoms with Crippen molar-refractivity contribution in [2.45, 2.75) is 30.6 Å². The highest BCUT2D eigenvalue weighted by Crippen LogP contribution is 2.43. The third kappa shape index (κ3) is 3.28. The zero-order valence-electron chi connectivity index (χ0n) is 12.5. The van der Waals surface area contributed by atoms with Gasteiger partial charge in [-0.05, 0) is 12.5 Å². The Morgan fingerprint density at radius 3 is 2.48 bits per heavy atom. The smallest absolute Gasteiger partial charge is 0.325 e. The van der Waals surface area contributed by atoms with Crippen LogP contribution in [0.15, 0.2) is 42.5 Å². The van der Waals surface area contributed by atoms with Gasteiger partial charge in [-0.25, -0.2) is 4.90 Å². The molecule has 0 radical (unpaired) electrons. The van der Waals surface area contributed by atoms with Crippen molar-refractivity contribution in [3.05, 3.63) is 48.0 Å². The Labute approximate surface area is 138 Å². The maximum Gasteiger partial charge on any atom is 0.325 e. The molecule has 0 saturated carbocycles. The lowest BCUT2D eigenvalue weighted by molar-refractivity contribution is -0.150. The lowest BCUT2D eigenvalue weighted by Crippen LogP contribution is -2.71. The lowest BCUT2D eigenvalue weighted by Gasteiger charge is -2.54. The Morgan fingerprint density at radius 2 is 2.00 bits per heavy atom. The molecular weight excluding hydrogens is 320 g/mol. The second-order valence-electron chi connectivity index (χ2n) is 5.41. The SMILES string of the molecule is C=C(C)C(C(=O)O)N1C(Cl)C(c2ccccc2)C1NC(=O)C=O. The molecule has 2 N–H and O–H groups in total. The van der Waals surface area contributed by atoms with E-state index in [4.69, 9.17) is 11.6 Å². The Bertz CT molecular complexity index is 620. The average Bonchev–Trinajstić information content (AvgIpc) is 2.52. The quantitative estimate of drug-likeness (QED) is 0.269. The summed E-state index contributed by atoms with van der Waals surface area (Å²) in [5, 5.41) is 11.9. The van der Waals surface area contributed by atoms with Crippen LogP contribution in [0.3, 0.4) is 0 Å². The highest BCUT2D eigenvalue weighted by atomic mass is 35.5. The van der Waals surface area contributed by atoms with E-state index in [0.717, 1.165) is 5.56 Å². The molecule has 1 saturated heterocycles. The predicted molar refractivity (Wildman–Crippen MR) is 84.9 cm³/mol. The van der Waals surface area contributed by atoms with E-state index in [1.807, 2.05) is 30.3 Å². The van der Waals surface area contributed by atoms with E-state index >= 15 is 0 Å². The van der Waals surface area contributed by atoms with Gasteiger partial charge in [0.1, 0.15) is 6.04 Å². The molecule has 4 unspecified atom stereocenters. The average molecular weight is 337 g/mol. The zero-order chi connectivity index (χ0) is 17.1. The van der Waals surface area contributed by atoms with Crippen molar-refractivity contribution in [1.82, 2.24) is 10.2 Å². The monoisotopic (exact) mass is 336 g/mol. The van der Waals surface area contributed by atoms with Crippen LogP contribution in [0.1, 0.15) is 18.4 Å². The van der Waals surface area contributed by atoms with Gasteiger partial charge < -0.3 is 10.4 Å². The number of halogens is 1. The summed E-state index contributed by atoms with van der Waals surface area (Å²) in [6.45, 7) is 5.26. The summed E-state index contributed by atoms with van der Waals surface area (Å²) >= 11 is 6.40. The molecule has 0 aromatic heterocycles. The first kappa shape index (κ1) is 17.2. The fourth-order valence-corrected chi connectivity index (χ4v) is 3.35. The number of carbonyl (C=O) groups excluding carboxylic acids is 2. The van der Waals surface area contributed by atoms with Crippen molar-refractivity contribution in [1.29, 1.82) is 0 Å². The number of benzene rings is 1. The van der Waals surface area contributed by atoms with Crippen molar-refractivity contribution in [2.75, 3.05) is 0 Å². The molecule has 1 heterocycles. The van der Waals surface area contributed by atoms with Crippen LogP contribution in [-0.2, 0) is 14.4 Å². The second kappa shape index (κ2) is 6.93. The number of aliphatic carboxylic acids is 1. The Hall–Kier alpha value is -2.18. The highest BCUT2D eigenvalue weighted by Gasteiger charge is 2.53. The van der Waals surface area contributed by atoms with E-state index in [-0.39, 0.29) is 12.2 Å². The van der Waals surface area contributed by atoms with Crippen molar-refractivity contribution >= 4 is 29.8 Å². The van der Waals surface area contributed by atoms with Crippen molar-refractivity contribution in [3.63, 3.8) is 0 Å². The minimum Gasteiger partial charge on any atom is -0.480 e. The van der Waals surface area contributed by atoms with Gasteiger partial charge in [-0.1, -0.05) is 42.5 Å². The molecular formula is C16H17ClN2O4. The first-order valence-corrected chi connectivity index (χ1v) is 7.42. The Kier molecular flexibility index (Phi) is 5.18. The zero-order valence-corrected chi connectivity index (χ0v) is 13.2. The van der Waals surface area contributed by atoms with Crippen LogP contribution in [0.4, 0.5) is 0 Å². The number of nitrogens with one attached hydrogen (secondary N) is 1. The van der Waals surface area contributed by atoms with E-state index in [2.05, 4.69) is 11.9 Å². The topological polar surface area (TPSA) is 86.7 Å². The van der Waals surface area contributed by atoms with Gasteiger partial charge in [0.25, 0.3) is 5.91 Å².